The third kappa shape index (κ3) is 4.35. The number of carbonyl (C=O) groups is 2. The van der Waals surface area contributed by atoms with E-state index in [1.54, 1.807) is 30.3 Å². The fourth-order valence-corrected chi connectivity index (χ4v) is 3.33. The van der Waals surface area contributed by atoms with Crippen molar-refractivity contribution in [2.24, 2.45) is 0 Å². The Labute approximate surface area is 170 Å². The van der Waals surface area contributed by atoms with Gasteiger partial charge in [0, 0.05) is 12.7 Å². The molecule has 0 aliphatic heterocycles. The van der Waals surface area contributed by atoms with Gasteiger partial charge in [-0.1, -0.05) is 60.7 Å². The predicted octanol–water partition coefficient (Wildman–Crippen LogP) is 4.89. The molecule has 1 N–H and O–H groups in total. The second kappa shape index (κ2) is 8.69. The standard InChI is InChI=1S/C24H23FN2O2/c1-16-10-9-11-17(2)21(16)26-23(28)22(18-12-5-4-6-13-18)27(3)24(29)19-14-7-8-15-20(19)25/h4-15,22H,1-3H3,(H,26,28)/t22-/m0/s1. The van der Waals surface area contributed by atoms with Gasteiger partial charge in [-0.2, -0.15) is 0 Å². The smallest absolute Gasteiger partial charge is 0.257 e. The highest BCUT2D eigenvalue weighted by Crippen LogP contribution is 2.26. The van der Waals surface area contributed by atoms with E-state index in [0.717, 1.165) is 11.1 Å². The summed E-state index contributed by atoms with van der Waals surface area (Å²) < 4.78 is 14.2. The number of carbonyl (C=O) groups excluding carboxylic acids is 2. The van der Waals surface area contributed by atoms with Crippen LogP contribution in [0.3, 0.4) is 0 Å². The van der Waals surface area contributed by atoms with Crippen LogP contribution in [0.4, 0.5) is 10.1 Å². The van der Waals surface area contributed by atoms with E-state index in [0.29, 0.717) is 11.3 Å². The first kappa shape index (κ1) is 20.3. The second-order valence-corrected chi connectivity index (χ2v) is 6.97. The molecule has 0 aromatic heterocycles. The topological polar surface area (TPSA) is 49.4 Å². The average molecular weight is 390 g/mol. The van der Waals surface area contributed by atoms with E-state index in [1.165, 1.54) is 30.1 Å². The van der Waals surface area contributed by atoms with Gasteiger partial charge < -0.3 is 10.2 Å². The summed E-state index contributed by atoms with van der Waals surface area (Å²) in [5, 5.41) is 2.95. The Bertz CT molecular complexity index is 1010. The molecule has 3 aromatic carbocycles. The minimum atomic E-state index is -0.915. The SMILES string of the molecule is Cc1cccc(C)c1NC(=O)[C@H](c1ccccc1)N(C)C(=O)c1ccccc1F. The third-order valence-electron chi connectivity index (χ3n) is 4.90. The molecule has 0 aliphatic carbocycles. The Morgan fingerprint density at radius 1 is 0.862 bits per heavy atom. The lowest BCUT2D eigenvalue weighted by Gasteiger charge is -2.28. The molecule has 2 amide bonds. The first-order valence-corrected chi connectivity index (χ1v) is 9.34. The zero-order chi connectivity index (χ0) is 21.0. The van der Waals surface area contributed by atoms with E-state index in [2.05, 4.69) is 5.32 Å². The number of para-hydroxylation sites is 1. The van der Waals surface area contributed by atoms with Gasteiger partial charge in [-0.05, 0) is 42.7 Å². The molecule has 3 rings (SSSR count). The van der Waals surface area contributed by atoms with Crippen molar-refractivity contribution in [1.82, 2.24) is 4.90 Å². The van der Waals surface area contributed by atoms with Crippen LogP contribution in [0.5, 0.6) is 0 Å². The number of anilines is 1. The van der Waals surface area contributed by atoms with Crippen LogP contribution in [0, 0.1) is 19.7 Å². The molecule has 29 heavy (non-hydrogen) atoms. The van der Waals surface area contributed by atoms with Crippen LogP contribution in [0.25, 0.3) is 0 Å². The van der Waals surface area contributed by atoms with Crippen LogP contribution in [0.2, 0.25) is 0 Å². The molecule has 0 saturated carbocycles. The maximum Gasteiger partial charge on any atom is 0.257 e. The van der Waals surface area contributed by atoms with Crippen molar-refractivity contribution in [3.63, 3.8) is 0 Å². The summed E-state index contributed by atoms with van der Waals surface area (Å²) in [6.45, 7) is 3.82. The largest absolute Gasteiger partial charge is 0.325 e. The lowest BCUT2D eigenvalue weighted by atomic mass is 10.0. The maximum absolute atomic E-state index is 14.2. The molecule has 0 spiro atoms. The van der Waals surface area contributed by atoms with Gasteiger partial charge in [-0.3, -0.25) is 9.59 Å². The van der Waals surface area contributed by atoms with E-state index in [4.69, 9.17) is 0 Å². The molecule has 1 atom stereocenters. The Balaban J connectivity index is 1.98. The van der Waals surface area contributed by atoms with Crippen LogP contribution in [0.1, 0.15) is 33.1 Å². The maximum atomic E-state index is 14.2. The predicted molar refractivity (Wildman–Crippen MR) is 112 cm³/mol. The van der Waals surface area contributed by atoms with Crippen molar-refractivity contribution in [3.8, 4) is 0 Å². The van der Waals surface area contributed by atoms with Crippen molar-refractivity contribution >= 4 is 17.5 Å². The van der Waals surface area contributed by atoms with Gasteiger partial charge in [0.15, 0.2) is 0 Å². The highest BCUT2D eigenvalue weighted by atomic mass is 19.1. The summed E-state index contributed by atoms with van der Waals surface area (Å²) in [7, 11) is 1.51. The molecule has 4 nitrogen and oxygen atoms in total. The number of likely N-dealkylation sites (N-methyl/N-ethyl adjacent to an activating group) is 1. The summed E-state index contributed by atoms with van der Waals surface area (Å²) in [4.78, 5) is 27.5. The monoisotopic (exact) mass is 390 g/mol. The minimum absolute atomic E-state index is 0.0733. The number of nitrogens with one attached hydrogen (secondary N) is 1. The van der Waals surface area contributed by atoms with Crippen LogP contribution in [-0.4, -0.2) is 23.8 Å². The summed E-state index contributed by atoms with van der Waals surface area (Å²) in [6, 6.07) is 19.6. The lowest BCUT2D eigenvalue weighted by molar-refractivity contribution is -0.120. The van der Waals surface area contributed by atoms with Gasteiger partial charge in [0.1, 0.15) is 11.9 Å². The molecule has 0 fully saturated rings. The molecule has 0 saturated heterocycles. The molecule has 5 heteroatoms. The van der Waals surface area contributed by atoms with Crippen molar-refractivity contribution in [2.45, 2.75) is 19.9 Å². The van der Waals surface area contributed by atoms with Gasteiger partial charge in [0.05, 0.1) is 5.56 Å². The molecular weight excluding hydrogens is 367 g/mol. The second-order valence-electron chi connectivity index (χ2n) is 6.97. The van der Waals surface area contributed by atoms with Crippen molar-refractivity contribution in [3.05, 3.63) is 101 Å². The number of rotatable bonds is 5. The quantitative estimate of drug-likeness (QED) is 0.674. The van der Waals surface area contributed by atoms with Crippen LogP contribution < -0.4 is 5.32 Å². The van der Waals surface area contributed by atoms with Gasteiger partial charge in [-0.25, -0.2) is 4.39 Å². The third-order valence-corrected chi connectivity index (χ3v) is 4.90. The normalized spacial score (nSPS) is 11.6. The van der Waals surface area contributed by atoms with E-state index in [9.17, 15) is 14.0 Å². The van der Waals surface area contributed by atoms with Crippen LogP contribution in [-0.2, 0) is 4.79 Å². The van der Waals surface area contributed by atoms with Gasteiger partial charge in [0.25, 0.3) is 11.8 Å². The van der Waals surface area contributed by atoms with Gasteiger partial charge >= 0.3 is 0 Å². The number of hydrogen-bond acceptors (Lipinski definition) is 2. The molecular formula is C24H23FN2O2. The van der Waals surface area contributed by atoms with Crippen LogP contribution in [0.15, 0.2) is 72.8 Å². The number of halogens is 1. The number of amides is 2. The lowest BCUT2D eigenvalue weighted by Crippen LogP contribution is -2.39. The van der Waals surface area contributed by atoms with Gasteiger partial charge in [-0.15, -0.1) is 0 Å². The zero-order valence-electron chi connectivity index (χ0n) is 16.6. The van der Waals surface area contributed by atoms with Crippen molar-refractivity contribution < 1.29 is 14.0 Å². The highest BCUT2D eigenvalue weighted by molar-refractivity contribution is 6.02. The summed E-state index contributed by atoms with van der Waals surface area (Å²) in [5.74, 6) is -1.54. The molecule has 0 aliphatic rings. The Morgan fingerprint density at radius 3 is 2.07 bits per heavy atom. The number of hydrogen-bond donors (Lipinski definition) is 1. The number of nitrogens with zero attached hydrogens (tertiary/aromatic N) is 1. The van der Waals surface area contributed by atoms with E-state index >= 15 is 0 Å². The Hall–Kier alpha value is -3.47. The van der Waals surface area contributed by atoms with Crippen molar-refractivity contribution in [2.75, 3.05) is 12.4 Å². The highest BCUT2D eigenvalue weighted by Gasteiger charge is 2.30. The van der Waals surface area contributed by atoms with Gasteiger partial charge in [0.2, 0.25) is 0 Å². The Kier molecular flexibility index (Phi) is 6.07. The average Bonchev–Trinajstić information content (AvgIpc) is 2.71. The van der Waals surface area contributed by atoms with E-state index < -0.39 is 17.8 Å². The Morgan fingerprint density at radius 2 is 1.45 bits per heavy atom. The van der Waals surface area contributed by atoms with Crippen LogP contribution >= 0.6 is 0 Å². The number of benzene rings is 3. The summed E-state index contributed by atoms with van der Waals surface area (Å²) in [6.07, 6.45) is 0. The first-order chi connectivity index (χ1) is 13.9. The van der Waals surface area contributed by atoms with E-state index in [1.807, 2.05) is 38.1 Å². The summed E-state index contributed by atoms with van der Waals surface area (Å²) in [5.41, 5.74) is 3.13. The number of aryl methyl sites for hydroxylation is 2. The molecule has 3 aromatic rings. The van der Waals surface area contributed by atoms with Crippen molar-refractivity contribution in [1.29, 1.82) is 0 Å². The molecule has 0 heterocycles. The minimum Gasteiger partial charge on any atom is -0.325 e. The fraction of sp³-hybridized carbons (Fsp3) is 0.167. The molecule has 148 valence electrons. The van der Waals surface area contributed by atoms with E-state index in [-0.39, 0.29) is 11.5 Å². The summed E-state index contributed by atoms with van der Waals surface area (Å²) >= 11 is 0. The molecule has 0 radical (unpaired) electrons. The first-order valence-electron chi connectivity index (χ1n) is 9.34. The fourth-order valence-electron chi connectivity index (χ4n) is 3.33. The zero-order valence-corrected chi connectivity index (χ0v) is 16.6. The molecule has 0 unspecified atom stereocenters. The molecule has 0 bridgehead atoms.